The number of amides is 1. The molecule has 2 rings (SSSR count). The Morgan fingerprint density at radius 1 is 1.26 bits per heavy atom. The van der Waals surface area contributed by atoms with Gasteiger partial charge in [-0.15, -0.1) is 0 Å². The first-order valence-electron chi connectivity index (χ1n) is 6.64. The molecule has 1 amide bonds. The number of hydrogen-bond donors (Lipinski definition) is 1. The van der Waals surface area contributed by atoms with Gasteiger partial charge in [0.15, 0.2) is 0 Å². The third-order valence-electron chi connectivity index (χ3n) is 4.07. The van der Waals surface area contributed by atoms with Gasteiger partial charge in [-0.25, -0.2) is 0 Å². The van der Waals surface area contributed by atoms with Crippen molar-refractivity contribution in [1.29, 1.82) is 0 Å². The van der Waals surface area contributed by atoms with Crippen molar-refractivity contribution in [3.05, 3.63) is 24.3 Å². The van der Waals surface area contributed by atoms with Gasteiger partial charge in [-0.05, 0) is 31.9 Å². The molecule has 4 atom stereocenters. The Hall–Kier alpha value is -1.55. The number of benzene rings is 1. The van der Waals surface area contributed by atoms with Crippen LogP contribution in [0.2, 0.25) is 0 Å². The molecule has 0 saturated carbocycles. The average Bonchev–Trinajstić information content (AvgIpc) is 2.61. The fraction of sp³-hybridized carbons (Fsp3) is 0.533. The molecule has 4 unspecified atom stereocenters. The number of hydrogen-bond acceptors (Lipinski definition) is 3. The van der Waals surface area contributed by atoms with Crippen LogP contribution < -0.4 is 4.90 Å². The lowest BCUT2D eigenvalue weighted by Gasteiger charge is -2.25. The van der Waals surface area contributed by atoms with Crippen LogP contribution in [-0.4, -0.2) is 30.3 Å². The minimum Gasteiger partial charge on any atom is -0.508 e. The second-order valence-corrected chi connectivity index (χ2v) is 5.35. The molecule has 1 N–H and O–H groups in total. The first-order valence-corrected chi connectivity index (χ1v) is 6.64. The van der Waals surface area contributed by atoms with Gasteiger partial charge in [-0.3, -0.25) is 4.79 Å². The summed E-state index contributed by atoms with van der Waals surface area (Å²) in [6.07, 6.45) is 0.0267. The van der Waals surface area contributed by atoms with Gasteiger partial charge in [0.25, 0.3) is 0 Å². The van der Waals surface area contributed by atoms with Gasteiger partial charge in [0, 0.05) is 18.8 Å². The number of aromatic hydroxyl groups is 1. The predicted octanol–water partition coefficient (Wildman–Crippen LogP) is 2.41. The molecule has 1 aliphatic rings. The number of carbonyl (C=O) groups is 1. The number of carbonyl (C=O) groups excluding carboxylic acids is 1. The van der Waals surface area contributed by atoms with Gasteiger partial charge in [0.2, 0.25) is 5.91 Å². The Morgan fingerprint density at radius 2 is 1.95 bits per heavy atom. The molecule has 1 aromatic rings. The summed E-state index contributed by atoms with van der Waals surface area (Å²) in [7, 11) is 1.74. The topological polar surface area (TPSA) is 49.8 Å². The highest BCUT2D eigenvalue weighted by Crippen LogP contribution is 2.34. The number of phenolic OH excluding ortho intramolecular Hbond substituents is 1. The van der Waals surface area contributed by atoms with Crippen LogP contribution >= 0.6 is 0 Å². The quantitative estimate of drug-likeness (QED) is 0.891. The van der Waals surface area contributed by atoms with Crippen molar-refractivity contribution in [1.82, 2.24) is 0 Å². The Bertz CT molecular complexity index is 474. The molecular formula is C15H21NO3. The van der Waals surface area contributed by atoms with Crippen molar-refractivity contribution in [2.24, 2.45) is 11.8 Å². The van der Waals surface area contributed by atoms with Crippen LogP contribution in [-0.2, 0) is 9.53 Å². The van der Waals surface area contributed by atoms with Crippen molar-refractivity contribution in [3.8, 4) is 5.75 Å². The van der Waals surface area contributed by atoms with Gasteiger partial charge in [0.05, 0.1) is 18.1 Å². The summed E-state index contributed by atoms with van der Waals surface area (Å²) in [6, 6.07) is 6.72. The molecule has 1 aliphatic heterocycles. The monoisotopic (exact) mass is 263 g/mol. The van der Waals surface area contributed by atoms with E-state index in [0.717, 1.165) is 0 Å². The fourth-order valence-electron chi connectivity index (χ4n) is 2.74. The second kappa shape index (κ2) is 5.21. The maximum Gasteiger partial charge on any atom is 0.232 e. The van der Waals surface area contributed by atoms with E-state index in [2.05, 4.69) is 0 Å². The largest absolute Gasteiger partial charge is 0.508 e. The van der Waals surface area contributed by atoms with E-state index in [-0.39, 0.29) is 35.7 Å². The van der Waals surface area contributed by atoms with E-state index in [1.165, 1.54) is 0 Å². The molecule has 1 heterocycles. The van der Waals surface area contributed by atoms with E-state index in [1.54, 1.807) is 30.1 Å². The van der Waals surface area contributed by atoms with Crippen LogP contribution in [0, 0.1) is 11.8 Å². The zero-order chi connectivity index (χ0) is 14.2. The summed E-state index contributed by atoms with van der Waals surface area (Å²) in [5, 5.41) is 9.49. The molecule has 0 spiro atoms. The van der Waals surface area contributed by atoms with E-state index in [4.69, 9.17) is 4.74 Å². The van der Waals surface area contributed by atoms with Crippen molar-refractivity contribution in [2.45, 2.75) is 33.0 Å². The summed E-state index contributed by atoms with van der Waals surface area (Å²) in [6.45, 7) is 5.99. The number of ether oxygens (including phenoxy) is 1. The maximum atomic E-state index is 12.6. The lowest BCUT2D eigenvalue weighted by molar-refractivity contribution is -0.124. The van der Waals surface area contributed by atoms with Crippen LogP contribution in [0.25, 0.3) is 0 Å². The Kier molecular flexibility index (Phi) is 3.80. The summed E-state index contributed by atoms with van der Waals surface area (Å²) in [4.78, 5) is 14.2. The van der Waals surface area contributed by atoms with Gasteiger partial charge in [0.1, 0.15) is 5.75 Å². The third kappa shape index (κ3) is 2.59. The first-order chi connectivity index (χ1) is 8.91. The van der Waals surface area contributed by atoms with Gasteiger partial charge < -0.3 is 14.7 Å². The minimum absolute atomic E-state index is 0.0370. The predicted molar refractivity (Wildman–Crippen MR) is 74.2 cm³/mol. The van der Waals surface area contributed by atoms with E-state index in [0.29, 0.717) is 5.69 Å². The number of rotatable bonds is 2. The first kappa shape index (κ1) is 13.9. The van der Waals surface area contributed by atoms with Gasteiger partial charge >= 0.3 is 0 Å². The van der Waals surface area contributed by atoms with Crippen molar-refractivity contribution in [2.75, 3.05) is 11.9 Å². The Labute approximate surface area is 114 Å². The molecule has 0 aliphatic carbocycles. The second-order valence-electron chi connectivity index (χ2n) is 5.35. The molecule has 1 fully saturated rings. The molecule has 1 aromatic carbocycles. The smallest absolute Gasteiger partial charge is 0.232 e. The zero-order valence-electron chi connectivity index (χ0n) is 11.8. The summed E-state index contributed by atoms with van der Waals surface area (Å²) < 4.78 is 5.72. The molecule has 4 heteroatoms. The summed E-state index contributed by atoms with van der Waals surface area (Å²) in [5.41, 5.74) is 0.698. The highest BCUT2D eigenvalue weighted by molar-refractivity contribution is 5.95. The minimum atomic E-state index is -0.137. The molecule has 0 bridgehead atoms. The maximum absolute atomic E-state index is 12.6. The van der Waals surface area contributed by atoms with Crippen molar-refractivity contribution in [3.63, 3.8) is 0 Å². The van der Waals surface area contributed by atoms with E-state index in [9.17, 15) is 9.90 Å². The summed E-state index contributed by atoms with van der Waals surface area (Å²) in [5.74, 6) is 0.258. The van der Waals surface area contributed by atoms with Gasteiger partial charge in [-0.1, -0.05) is 13.0 Å². The molecule has 0 radical (unpaired) electrons. The lowest BCUT2D eigenvalue weighted by Crippen LogP contribution is -2.38. The lowest BCUT2D eigenvalue weighted by atomic mass is 9.88. The Morgan fingerprint density at radius 3 is 2.47 bits per heavy atom. The number of nitrogens with zero attached hydrogens (tertiary/aromatic N) is 1. The van der Waals surface area contributed by atoms with Crippen molar-refractivity contribution < 1.29 is 14.6 Å². The number of anilines is 1. The van der Waals surface area contributed by atoms with Crippen LogP contribution in [0.15, 0.2) is 24.3 Å². The zero-order valence-corrected chi connectivity index (χ0v) is 11.8. The molecule has 4 nitrogen and oxygen atoms in total. The highest BCUT2D eigenvalue weighted by atomic mass is 16.5. The molecule has 104 valence electrons. The van der Waals surface area contributed by atoms with Crippen LogP contribution in [0.4, 0.5) is 5.69 Å². The molecular weight excluding hydrogens is 242 g/mol. The fourth-order valence-corrected chi connectivity index (χ4v) is 2.74. The molecule has 1 saturated heterocycles. The van der Waals surface area contributed by atoms with E-state index >= 15 is 0 Å². The summed E-state index contributed by atoms with van der Waals surface area (Å²) >= 11 is 0. The highest BCUT2D eigenvalue weighted by Gasteiger charge is 2.42. The van der Waals surface area contributed by atoms with E-state index < -0.39 is 0 Å². The molecule has 0 aromatic heterocycles. The average molecular weight is 263 g/mol. The SMILES string of the molecule is CC1OC(C)C(C(=O)N(C)c2cccc(O)c2)C1C. The van der Waals surface area contributed by atoms with Crippen LogP contribution in [0.3, 0.4) is 0 Å². The standard InChI is InChI=1S/C15H21NO3/c1-9-10(2)19-11(3)14(9)15(18)16(4)12-6-5-7-13(17)8-12/h5-11,14,17H,1-4H3. The van der Waals surface area contributed by atoms with Gasteiger partial charge in [-0.2, -0.15) is 0 Å². The molecule has 19 heavy (non-hydrogen) atoms. The Balaban J connectivity index is 2.20. The van der Waals surface area contributed by atoms with Crippen LogP contribution in [0.1, 0.15) is 20.8 Å². The number of phenols is 1. The normalized spacial score (nSPS) is 30.3. The third-order valence-corrected chi connectivity index (χ3v) is 4.07. The van der Waals surface area contributed by atoms with Crippen LogP contribution in [0.5, 0.6) is 5.75 Å². The van der Waals surface area contributed by atoms with Crippen molar-refractivity contribution >= 4 is 11.6 Å². The van der Waals surface area contributed by atoms with E-state index in [1.807, 2.05) is 26.8 Å².